The molecule has 3 rings (SSSR count). The molecule has 2 aromatic carbocycles. The van der Waals surface area contributed by atoms with E-state index in [9.17, 15) is 0 Å². The molecule has 2 aromatic rings. The van der Waals surface area contributed by atoms with Crippen LogP contribution in [0.5, 0.6) is 5.75 Å². The van der Waals surface area contributed by atoms with Crippen molar-refractivity contribution in [1.82, 2.24) is 4.90 Å². The number of para-hydroxylation sites is 2. The smallest absolute Gasteiger partial charge is 0.142 e. The Bertz CT molecular complexity index is 666. The van der Waals surface area contributed by atoms with Gasteiger partial charge in [-0.1, -0.05) is 12.1 Å². The number of hydrogen-bond acceptors (Lipinski definition) is 5. The fraction of sp³-hybridized carbons (Fsp3) is 0.429. The van der Waals surface area contributed by atoms with Gasteiger partial charge in [0.2, 0.25) is 0 Å². The lowest BCUT2D eigenvalue weighted by Gasteiger charge is -2.36. The Labute approximate surface area is 156 Å². The molecule has 0 spiro atoms. The van der Waals surface area contributed by atoms with Crippen LogP contribution in [0.2, 0.25) is 0 Å². The van der Waals surface area contributed by atoms with Crippen LogP contribution in [0, 0.1) is 0 Å². The van der Waals surface area contributed by atoms with Gasteiger partial charge in [0.15, 0.2) is 0 Å². The van der Waals surface area contributed by atoms with E-state index in [-0.39, 0.29) is 0 Å². The summed E-state index contributed by atoms with van der Waals surface area (Å²) in [5, 5.41) is 3.45. The predicted molar refractivity (Wildman–Crippen MR) is 110 cm³/mol. The highest BCUT2D eigenvalue weighted by atomic mass is 16.5. The molecule has 0 aromatic heterocycles. The van der Waals surface area contributed by atoms with E-state index in [0.717, 1.165) is 49.8 Å². The molecular weight excluding hydrogens is 324 g/mol. The van der Waals surface area contributed by atoms with Gasteiger partial charge in [0, 0.05) is 44.1 Å². The first-order valence-electron chi connectivity index (χ1n) is 9.46. The number of methoxy groups -OCH3 is 1. The van der Waals surface area contributed by atoms with Crippen LogP contribution in [0.25, 0.3) is 0 Å². The summed E-state index contributed by atoms with van der Waals surface area (Å²) in [7, 11) is 1.74. The zero-order chi connectivity index (χ0) is 18.2. The van der Waals surface area contributed by atoms with Gasteiger partial charge < -0.3 is 20.7 Å². The molecule has 26 heavy (non-hydrogen) atoms. The number of piperazine rings is 1. The molecule has 0 atom stereocenters. The van der Waals surface area contributed by atoms with Crippen molar-refractivity contribution in [3.8, 4) is 5.75 Å². The molecule has 5 nitrogen and oxygen atoms in total. The molecule has 0 radical (unpaired) electrons. The van der Waals surface area contributed by atoms with Gasteiger partial charge in [-0.25, -0.2) is 0 Å². The summed E-state index contributed by atoms with van der Waals surface area (Å²) >= 11 is 0. The molecule has 5 heteroatoms. The molecule has 1 fully saturated rings. The van der Waals surface area contributed by atoms with Crippen LogP contribution in [0.1, 0.15) is 12.8 Å². The maximum atomic E-state index is 5.70. The fourth-order valence-electron chi connectivity index (χ4n) is 3.40. The lowest BCUT2D eigenvalue weighted by molar-refractivity contribution is 0.253. The van der Waals surface area contributed by atoms with E-state index in [2.05, 4.69) is 27.2 Å². The molecule has 0 saturated carbocycles. The lowest BCUT2D eigenvalue weighted by atomic mass is 10.2. The molecule has 1 aliphatic heterocycles. The van der Waals surface area contributed by atoms with Crippen LogP contribution < -0.4 is 20.7 Å². The summed E-state index contributed by atoms with van der Waals surface area (Å²) in [4.78, 5) is 4.99. The molecule has 0 amide bonds. The van der Waals surface area contributed by atoms with Crippen molar-refractivity contribution in [1.29, 1.82) is 0 Å². The van der Waals surface area contributed by atoms with Crippen molar-refractivity contribution >= 4 is 17.1 Å². The first kappa shape index (κ1) is 18.4. The maximum absolute atomic E-state index is 5.70. The second-order valence-corrected chi connectivity index (χ2v) is 6.76. The van der Waals surface area contributed by atoms with E-state index in [1.165, 1.54) is 25.1 Å². The minimum Gasteiger partial charge on any atom is -0.495 e. The van der Waals surface area contributed by atoms with E-state index < -0.39 is 0 Å². The molecule has 0 bridgehead atoms. The number of nitrogens with zero attached hydrogens (tertiary/aromatic N) is 2. The summed E-state index contributed by atoms with van der Waals surface area (Å²) in [6.45, 7) is 6.52. The molecule has 1 aliphatic rings. The summed E-state index contributed by atoms with van der Waals surface area (Å²) in [5.41, 5.74) is 8.87. The van der Waals surface area contributed by atoms with E-state index in [1.54, 1.807) is 7.11 Å². The Hall–Kier alpha value is -2.40. The zero-order valence-electron chi connectivity index (χ0n) is 15.7. The van der Waals surface area contributed by atoms with Gasteiger partial charge in [-0.3, -0.25) is 4.90 Å². The van der Waals surface area contributed by atoms with E-state index in [1.807, 2.05) is 36.4 Å². The second-order valence-electron chi connectivity index (χ2n) is 6.76. The molecule has 3 N–H and O–H groups in total. The minimum atomic E-state index is 0.808. The number of nitrogens with two attached hydrogens (primary N) is 1. The van der Waals surface area contributed by atoms with Crippen molar-refractivity contribution in [2.75, 3.05) is 62.3 Å². The summed E-state index contributed by atoms with van der Waals surface area (Å²) < 4.78 is 5.49. The van der Waals surface area contributed by atoms with E-state index >= 15 is 0 Å². The van der Waals surface area contributed by atoms with Crippen molar-refractivity contribution < 1.29 is 4.74 Å². The van der Waals surface area contributed by atoms with Crippen molar-refractivity contribution in [3.05, 3.63) is 48.5 Å². The van der Waals surface area contributed by atoms with Crippen LogP contribution in [0.3, 0.4) is 0 Å². The minimum absolute atomic E-state index is 0.808. The SMILES string of the molecule is COc1ccccc1N1CCN(CCCCNc2ccc(N)cc2)CC1. The van der Waals surface area contributed by atoms with Crippen molar-refractivity contribution in [3.63, 3.8) is 0 Å². The van der Waals surface area contributed by atoms with Gasteiger partial charge in [-0.2, -0.15) is 0 Å². The van der Waals surface area contributed by atoms with Crippen LogP contribution in [-0.4, -0.2) is 51.3 Å². The number of nitrogen functional groups attached to an aromatic ring is 1. The van der Waals surface area contributed by atoms with Crippen LogP contribution in [0.15, 0.2) is 48.5 Å². The molecule has 1 heterocycles. The average molecular weight is 354 g/mol. The Morgan fingerprint density at radius 1 is 0.962 bits per heavy atom. The van der Waals surface area contributed by atoms with Gasteiger partial charge >= 0.3 is 0 Å². The molecule has 140 valence electrons. The number of benzene rings is 2. The third-order valence-electron chi connectivity index (χ3n) is 4.94. The summed E-state index contributed by atoms with van der Waals surface area (Å²) in [5.74, 6) is 0.967. The van der Waals surface area contributed by atoms with Crippen molar-refractivity contribution in [2.45, 2.75) is 12.8 Å². The number of hydrogen-bond donors (Lipinski definition) is 2. The van der Waals surface area contributed by atoms with Gasteiger partial charge in [0.25, 0.3) is 0 Å². The average Bonchev–Trinajstić information content (AvgIpc) is 2.69. The van der Waals surface area contributed by atoms with Crippen LogP contribution >= 0.6 is 0 Å². The first-order chi connectivity index (χ1) is 12.8. The Morgan fingerprint density at radius 3 is 2.42 bits per heavy atom. The first-order valence-corrected chi connectivity index (χ1v) is 9.46. The lowest BCUT2D eigenvalue weighted by Crippen LogP contribution is -2.46. The number of rotatable bonds is 8. The number of anilines is 3. The van der Waals surface area contributed by atoms with Crippen molar-refractivity contribution in [2.24, 2.45) is 0 Å². The Kier molecular flexibility index (Phi) is 6.61. The molecular formula is C21H30N4O. The van der Waals surface area contributed by atoms with Crippen LogP contribution in [-0.2, 0) is 0 Å². The molecule has 0 aliphatic carbocycles. The predicted octanol–water partition coefficient (Wildman–Crippen LogP) is 3.29. The topological polar surface area (TPSA) is 53.8 Å². The van der Waals surface area contributed by atoms with Gasteiger partial charge in [-0.15, -0.1) is 0 Å². The zero-order valence-corrected chi connectivity index (χ0v) is 15.7. The Morgan fingerprint density at radius 2 is 1.69 bits per heavy atom. The highest BCUT2D eigenvalue weighted by Gasteiger charge is 2.18. The Balaban J connectivity index is 1.33. The summed E-state index contributed by atoms with van der Waals surface area (Å²) in [6, 6.07) is 16.2. The highest BCUT2D eigenvalue weighted by Crippen LogP contribution is 2.28. The van der Waals surface area contributed by atoms with Gasteiger partial charge in [0.1, 0.15) is 5.75 Å². The highest BCUT2D eigenvalue weighted by molar-refractivity contribution is 5.58. The normalized spacial score (nSPS) is 15.0. The standard InChI is InChI=1S/C21H30N4O/c1-26-21-7-3-2-6-20(21)25-16-14-24(15-17-25)13-5-4-12-23-19-10-8-18(22)9-11-19/h2-3,6-11,23H,4-5,12-17,22H2,1H3. The third-order valence-corrected chi connectivity index (χ3v) is 4.94. The van der Waals surface area contributed by atoms with Crippen LogP contribution in [0.4, 0.5) is 17.1 Å². The van der Waals surface area contributed by atoms with Gasteiger partial charge in [0.05, 0.1) is 12.8 Å². The monoisotopic (exact) mass is 354 g/mol. The van der Waals surface area contributed by atoms with E-state index in [4.69, 9.17) is 10.5 Å². The second kappa shape index (κ2) is 9.34. The largest absolute Gasteiger partial charge is 0.495 e. The number of nitrogens with one attached hydrogen (secondary N) is 1. The fourth-order valence-corrected chi connectivity index (χ4v) is 3.40. The number of unbranched alkanes of at least 4 members (excludes halogenated alkanes) is 1. The molecule has 1 saturated heterocycles. The third kappa shape index (κ3) is 5.05. The number of ether oxygens (including phenoxy) is 1. The maximum Gasteiger partial charge on any atom is 0.142 e. The van der Waals surface area contributed by atoms with E-state index in [0.29, 0.717) is 0 Å². The quantitative estimate of drug-likeness (QED) is 0.563. The molecule has 0 unspecified atom stereocenters. The van der Waals surface area contributed by atoms with Gasteiger partial charge in [-0.05, 0) is 55.8 Å². The summed E-state index contributed by atoms with van der Waals surface area (Å²) in [6.07, 6.45) is 2.40.